The molecule has 0 aliphatic carbocycles. The van der Waals surface area contributed by atoms with Gasteiger partial charge in [0.2, 0.25) is 0 Å². The van der Waals surface area contributed by atoms with Gasteiger partial charge in [-0.2, -0.15) is 0 Å². The van der Waals surface area contributed by atoms with Crippen LogP contribution < -0.4 is 4.74 Å². The van der Waals surface area contributed by atoms with E-state index in [0.29, 0.717) is 17.7 Å². The molecule has 0 aliphatic heterocycles. The third-order valence-electron chi connectivity index (χ3n) is 2.46. The topological polar surface area (TPSA) is 35.5 Å². The Balaban J connectivity index is 3.14. The zero-order chi connectivity index (χ0) is 13.7. The third kappa shape index (κ3) is 3.32. The Bertz CT molecular complexity index is 466. The van der Waals surface area contributed by atoms with E-state index in [1.54, 1.807) is 19.9 Å². The predicted molar refractivity (Wildman–Crippen MR) is 68.0 cm³/mol. The number of carbonyl (C=O) groups is 1. The number of carbonyl (C=O) groups excluding carboxylic acids is 1. The molecule has 0 spiro atoms. The Hall–Kier alpha value is -1.84. The van der Waals surface area contributed by atoms with E-state index in [9.17, 15) is 9.18 Å². The molecule has 0 unspecified atom stereocenters. The summed E-state index contributed by atoms with van der Waals surface area (Å²) < 4.78 is 23.6. The van der Waals surface area contributed by atoms with Gasteiger partial charge in [-0.3, -0.25) is 4.79 Å². The summed E-state index contributed by atoms with van der Waals surface area (Å²) in [6.45, 7) is 7.55. The van der Waals surface area contributed by atoms with E-state index in [1.807, 2.05) is 0 Å². The molecule has 0 saturated carbocycles. The fourth-order valence-electron chi connectivity index (χ4n) is 1.62. The van der Waals surface area contributed by atoms with Crippen LogP contribution in [0, 0.1) is 5.82 Å². The van der Waals surface area contributed by atoms with Crippen molar-refractivity contribution in [1.82, 2.24) is 0 Å². The molecule has 0 bridgehead atoms. The van der Waals surface area contributed by atoms with Gasteiger partial charge in [-0.25, -0.2) is 4.39 Å². The highest BCUT2D eigenvalue weighted by Crippen LogP contribution is 2.27. The first-order chi connectivity index (χ1) is 8.49. The molecular weight excluding hydrogens is 235 g/mol. The average molecular weight is 252 g/mol. The van der Waals surface area contributed by atoms with Crippen molar-refractivity contribution in [2.24, 2.45) is 0 Å². The molecule has 0 saturated heterocycles. The van der Waals surface area contributed by atoms with Crippen LogP contribution >= 0.6 is 0 Å². The summed E-state index contributed by atoms with van der Waals surface area (Å²) in [4.78, 5) is 11.5. The van der Waals surface area contributed by atoms with Crippen LogP contribution in [0.1, 0.15) is 25.0 Å². The fourth-order valence-corrected chi connectivity index (χ4v) is 1.62. The van der Waals surface area contributed by atoms with Crippen LogP contribution in [0.4, 0.5) is 4.39 Å². The number of hydrogen-bond acceptors (Lipinski definition) is 3. The van der Waals surface area contributed by atoms with E-state index in [4.69, 9.17) is 9.47 Å². The Labute approximate surface area is 106 Å². The quantitative estimate of drug-likeness (QED) is 0.756. The van der Waals surface area contributed by atoms with Gasteiger partial charge in [0, 0.05) is 5.56 Å². The van der Waals surface area contributed by atoms with Crippen molar-refractivity contribution >= 4 is 11.5 Å². The first-order valence-corrected chi connectivity index (χ1v) is 5.67. The van der Waals surface area contributed by atoms with Gasteiger partial charge in [0.15, 0.2) is 11.6 Å². The van der Waals surface area contributed by atoms with Crippen LogP contribution in [0.15, 0.2) is 18.7 Å². The lowest BCUT2D eigenvalue weighted by atomic mass is 10.0. The van der Waals surface area contributed by atoms with Crippen molar-refractivity contribution in [3.8, 4) is 5.75 Å². The summed E-state index contributed by atoms with van der Waals surface area (Å²) in [6.07, 6.45) is -0.0188. The molecule has 98 valence electrons. The Morgan fingerprint density at radius 3 is 2.61 bits per heavy atom. The van der Waals surface area contributed by atoms with Crippen LogP contribution in [0.2, 0.25) is 0 Å². The number of allylic oxidation sites excluding steroid dienone is 1. The number of ether oxygens (including phenoxy) is 2. The van der Waals surface area contributed by atoms with Crippen molar-refractivity contribution in [3.63, 3.8) is 0 Å². The molecule has 1 aromatic carbocycles. The Morgan fingerprint density at radius 1 is 1.44 bits per heavy atom. The van der Waals surface area contributed by atoms with Gasteiger partial charge in [-0.15, -0.1) is 0 Å². The minimum Gasteiger partial charge on any atom is -0.493 e. The number of methoxy groups -OCH3 is 1. The molecule has 18 heavy (non-hydrogen) atoms. The first-order valence-electron chi connectivity index (χ1n) is 5.67. The van der Waals surface area contributed by atoms with E-state index in [0.717, 1.165) is 5.57 Å². The second kappa shape index (κ2) is 6.19. The SMILES string of the molecule is C=C(C)c1cc(F)c(OC)c(CC(=O)OCC)c1. The monoisotopic (exact) mass is 252 g/mol. The zero-order valence-electron chi connectivity index (χ0n) is 10.9. The standard InChI is InChI=1S/C14H17FO3/c1-5-18-13(16)8-11-6-10(9(2)3)7-12(15)14(11)17-4/h6-7H,2,5,8H2,1,3-4H3. The lowest BCUT2D eigenvalue weighted by Crippen LogP contribution is -2.09. The summed E-state index contributed by atoms with van der Waals surface area (Å²) in [5.74, 6) is -0.834. The molecule has 0 aromatic heterocycles. The predicted octanol–water partition coefficient (Wildman–Crippen LogP) is 2.97. The van der Waals surface area contributed by atoms with Crippen LogP contribution in [-0.4, -0.2) is 19.7 Å². The molecule has 0 radical (unpaired) electrons. The number of halogens is 1. The minimum atomic E-state index is -0.503. The molecule has 0 amide bonds. The molecule has 0 heterocycles. The summed E-state index contributed by atoms with van der Waals surface area (Å²) in [5, 5.41) is 0. The molecule has 0 aliphatic rings. The van der Waals surface area contributed by atoms with E-state index in [-0.39, 0.29) is 12.2 Å². The highest BCUT2D eigenvalue weighted by atomic mass is 19.1. The minimum absolute atomic E-state index is 0.0188. The van der Waals surface area contributed by atoms with Gasteiger partial charge in [-0.1, -0.05) is 12.2 Å². The zero-order valence-corrected chi connectivity index (χ0v) is 10.9. The van der Waals surface area contributed by atoms with Crippen LogP contribution in [-0.2, 0) is 16.0 Å². The molecule has 0 atom stereocenters. The molecule has 4 heteroatoms. The lowest BCUT2D eigenvalue weighted by molar-refractivity contribution is -0.142. The molecule has 1 rings (SSSR count). The van der Waals surface area contributed by atoms with Crippen molar-refractivity contribution in [3.05, 3.63) is 35.7 Å². The Morgan fingerprint density at radius 2 is 2.11 bits per heavy atom. The summed E-state index contributed by atoms with van der Waals surface area (Å²) in [7, 11) is 1.37. The molecule has 3 nitrogen and oxygen atoms in total. The largest absolute Gasteiger partial charge is 0.493 e. The van der Waals surface area contributed by atoms with E-state index in [1.165, 1.54) is 13.2 Å². The molecule has 0 fully saturated rings. The molecular formula is C14H17FO3. The van der Waals surface area contributed by atoms with Crippen LogP contribution in [0.3, 0.4) is 0 Å². The van der Waals surface area contributed by atoms with Gasteiger partial charge in [0.1, 0.15) is 0 Å². The fraction of sp³-hybridized carbons (Fsp3) is 0.357. The summed E-state index contributed by atoms with van der Waals surface area (Å²) in [5.41, 5.74) is 1.84. The maximum atomic E-state index is 13.8. The van der Waals surface area contributed by atoms with E-state index < -0.39 is 11.8 Å². The summed E-state index contributed by atoms with van der Waals surface area (Å²) >= 11 is 0. The maximum Gasteiger partial charge on any atom is 0.310 e. The highest BCUT2D eigenvalue weighted by molar-refractivity contribution is 5.75. The average Bonchev–Trinajstić information content (AvgIpc) is 2.28. The second-order valence-electron chi connectivity index (χ2n) is 3.91. The van der Waals surface area contributed by atoms with Gasteiger partial charge < -0.3 is 9.47 Å². The van der Waals surface area contributed by atoms with Gasteiger partial charge in [-0.05, 0) is 31.5 Å². The maximum absolute atomic E-state index is 13.8. The van der Waals surface area contributed by atoms with Crippen molar-refractivity contribution in [2.45, 2.75) is 20.3 Å². The number of esters is 1. The second-order valence-corrected chi connectivity index (χ2v) is 3.91. The number of benzene rings is 1. The van der Waals surface area contributed by atoms with Gasteiger partial charge in [0.25, 0.3) is 0 Å². The van der Waals surface area contributed by atoms with Gasteiger partial charge >= 0.3 is 5.97 Å². The molecule has 1 aromatic rings. The van der Waals surface area contributed by atoms with Crippen molar-refractivity contribution in [1.29, 1.82) is 0 Å². The third-order valence-corrected chi connectivity index (χ3v) is 2.46. The smallest absolute Gasteiger partial charge is 0.310 e. The van der Waals surface area contributed by atoms with Gasteiger partial charge in [0.05, 0.1) is 20.1 Å². The molecule has 0 N–H and O–H groups in total. The van der Waals surface area contributed by atoms with Crippen molar-refractivity contribution < 1.29 is 18.7 Å². The van der Waals surface area contributed by atoms with E-state index >= 15 is 0 Å². The summed E-state index contributed by atoms with van der Waals surface area (Å²) in [6, 6.07) is 3.04. The van der Waals surface area contributed by atoms with E-state index in [2.05, 4.69) is 6.58 Å². The first kappa shape index (κ1) is 14.2. The lowest BCUT2D eigenvalue weighted by Gasteiger charge is -2.11. The number of rotatable bonds is 5. The highest BCUT2D eigenvalue weighted by Gasteiger charge is 2.15. The normalized spacial score (nSPS) is 10.0. The number of hydrogen-bond donors (Lipinski definition) is 0. The van der Waals surface area contributed by atoms with Crippen LogP contribution in [0.25, 0.3) is 5.57 Å². The Kier molecular flexibility index (Phi) is 4.89. The van der Waals surface area contributed by atoms with Crippen LogP contribution in [0.5, 0.6) is 5.75 Å². The van der Waals surface area contributed by atoms with Crippen molar-refractivity contribution in [2.75, 3.05) is 13.7 Å².